The maximum Gasteiger partial charge on any atom is 0.185 e. The number of nitrogens with one attached hydrogen (secondary N) is 1. The Morgan fingerprint density at radius 2 is 2.67 bits per heavy atom. The zero-order valence-electron chi connectivity index (χ0n) is 4.66. The van der Waals surface area contributed by atoms with Crippen molar-refractivity contribution in [3.05, 3.63) is 17.7 Å². The van der Waals surface area contributed by atoms with Crippen molar-refractivity contribution in [2.24, 2.45) is 0 Å². The molecule has 4 nitrogen and oxygen atoms in total. The van der Waals surface area contributed by atoms with E-state index >= 15 is 0 Å². The second-order valence-corrected chi connectivity index (χ2v) is 1.55. The number of hydrogen-bond acceptors (Lipinski definition) is 3. The lowest BCUT2D eigenvalue weighted by Crippen LogP contribution is -1.83. The quantitative estimate of drug-likeness (QED) is 0.535. The second-order valence-electron chi connectivity index (χ2n) is 1.55. The number of aliphatic hydroxyl groups excluding tert-OH is 1. The molecule has 0 bridgehead atoms. The summed E-state index contributed by atoms with van der Waals surface area (Å²) in [6.45, 7) is -0.135. The third kappa shape index (κ3) is 1.14. The first-order valence-electron chi connectivity index (χ1n) is 2.47. The number of nitrogens with zero attached hydrogens (tertiary/aromatic N) is 1. The summed E-state index contributed by atoms with van der Waals surface area (Å²) in [5.74, 6) is 0.249. The Balaban J connectivity index is 2.86. The van der Waals surface area contributed by atoms with Crippen molar-refractivity contribution in [3.63, 3.8) is 0 Å². The lowest BCUT2D eigenvalue weighted by Gasteiger charge is -1.78. The summed E-state index contributed by atoms with van der Waals surface area (Å²) in [5.41, 5.74) is 0.483. The van der Waals surface area contributed by atoms with Crippen LogP contribution in [0.5, 0.6) is 0 Å². The van der Waals surface area contributed by atoms with Gasteiger partial charge in [0.15, 0.2) is 12.1 Å². The van der Waals surface area contributed by atoms with Crippen LogP contribution < -0.4 is 0 Å². The SMILES string of the molecule is O=Cc1nc(CO)c[nH]1. The van der Waals surface area contributed by atoms with E-state index in [1.165, 1.54) is 6.20 Å². The maximum atomic E-state index is 9.96. The molecule has 0 aromatic carbocycles. The minimum absolute atomic E-state index is 0.135. The van der Waals surface area contributed by atoms with Gasteiger partial charge in [0, 0.05) is 6.20 Å². The molecule has 1 aromatic rings. The van der Waals surface area contributed by atoms with Gasteiger partial charge in [-0.05, 0) is 0 Å². The van der Waals surface area contributed by atoms with Crippen molar-refractivity contribution in [2.45, 2.75) is 6.61 Å². The van der Waals surface area contributed by atoms with Gasteiger partial charge in [0.1, 0.15) is 0 Å². The molecule has 48 valence electrons. The molecule has 0 aliphatic heterocycles. The van der Waals surface area contributed by atoms with Gasteiger partial charge in [0.05, 0.1) is 12.3 Å². The average Bonchev–Trinajstić information content (AvgIpc) is 2.34. The minimum Gasteiger partial charge on any atom is -0.390 e. The molecule has 0 spiro atoms. The van der Waals surface area contributed by atoms with E-state index < -0.39 is 0 Å². The van der Waals surface area contributed by atoms with Gasteiger partial charge in [-0.25, -0.2) is 4.98 Å². The van der Waals surface area contributed by atoms with Gasteiger partial charge in [-0.3, -0.25) is 4.79 Å². The van der Waals surface area contributed by atoms with E-state index in [9.17, 15) is 4.79 Å². The molecule has 9 heavy (non-hydrogen) atoms. The average molecular weight is 126 g/mol. The van der Waals surface area contributed by atoms with Crippen molar-refractivity contribution < 1.29 is 9.90 Å². The molecule has 1 aromatic heterocycles. The van der Waals surface area contributed by atoms with E-state index in [2.05, 4.69) is 9.97 Å². The van der Waals surface area contributed by atoms with Crippen LogP contribution >= 0.6 is 0 Å². The van der Waals surface area contributed by atoms with Gasteiger partial charge in [0.25, 0.3) is 0 Å². The number of carbonyl (C=O) groups excluding carboxylic acids is 1. The number of hydrogen-bond donors (Lipinski definition) is 2. The van der Waals surface area contributed by atoms with E-state index in [0.29, 0.717) is 12.0 Å². The van der Waals surface area contributed by atoms with Crippen LogP contribution in [0.15, 0.2) is 6.20 Å². The highest BCUT2D eigenvalue weighted by Gasteiger charge is 1.95. The van der Waals surface area contributed by atoms with E-state index in [1.54, 1.807) is 0 Å². The Bertz CT molecular complexity index is 206. The van der Waals surface area contributed by atoms with Crippen LogP contribution in [0.4, 0.5) is 0 Å². The Kier molecular flexibility index (Phi) is 1.60. The number of aromatic nitrogens is 2. The van der Waals surface area contributed by atoms with Crippen LogP contribution in [0.3, 0.4) is 0 Å². The maximum absolute atomic E-state index is 9.96. The molecule has 0 atom stereocenters. The van der Waals surface area contributed by atoms with E-state index in [4.69, 9.17) is 5.11 Å². The Morgan fingerprint density at radius 3 is 3.00 bits per heavy atom. The van der Waals surface area contributed by atoms with Crippen LogP contribution in [0.1, 0.15) is 16.3 Å². The van der Waals surface area contributed by atoms with Gasteiger partial charge in [-0.1, -0.05) is 0 Å². The third-order valence-corrected chi connectivity index (χ3v) is 0.924. The fourth-order valence-corrected chi connectivity index (χ4v) is 0.518. The van der Waals surface area contributed by atoms with Crippen LogP contribution in [0, 0.1) is 0 Å². The van der Waals surface area contributed by atoms with Gasteiger partial charge in [-0.15, -0.1) is 0 Å². The van der Waals surface area contributed by atoms with Crippen LogP contribution in [-0.2, 0) is 6.61 Å². The Morgan fingerprint density at radius 1 is 1.89 bits per heavy atom. The Labute approximate surface area is 51.5 Å². The molecule has 0 saturated heterocycles. The fourth-order valence-electron chi connectivity index (χ4n) is 0.518. The van der Waals surface area contributed by atoms with Crippen molar-refractivity contribution >= 4 is 6.29 Å². The molecule has 1 heterocycles. The molecule has 0 aliphatic carbocycles. The summed E-state index contributed by atoms with van der Waals surface area (Å²) >= 11 is 0. The first kappa shape index (κ1) is 5.97. The first-order valence-corrected chi connectivity index (χ1v) is 2.47. The lowest BCUT2D eigenvalue weighted by atomic mass is 10.5. The molecule has 2 N–H and O–H groups in total. The van der Waals surface area contributed by atoms with Gasteiger partial charge < -0.3 is 10.1 Å². The summed E-state index contributed by atoms with van der Waals surface area (Å²) in [7, 11) is 0. The number of carbonyl (C=O) groups is 1. The first-order chi connectivity index (χ1) is 4.36. The van der Waals surface area contributed by atoms with Gasteiger partial charge in [0.2, 0.25) is 0 Å². The highest BCUT2D eigenvalue weighted by atomic mass is 16.3. The molecule has 0 amide bonds. The van der Waals surface area contributed by atoms with E-state index in [1.807, 2.05) is 0 Å². The summed E-state index contributed by atoms with van der Waals surface area (Å²) in [6, 6.07) is 0. The van der Waals surface area contributed by atoms with Crippen molar-refractivity contribution in [2.75, 3.05) is 0 Å². The summed E-state index contributed by atoms with van der Waals surface area (Å²) in [4.78, 5) is 16.2. The van der Waals surface area contributed by atoms with Crippen LogP contribution in [0.2, 0.25) is 0 Å². The zero-order valence-corrected chi connectivity index (χ0v) is 4.66. The molecule has 0 saturated carbocycles. The molecule has 0 fully saturated rings. The Hall–Kier alpha value is -1.16. The molecule has 0 aliphatic rings. The topological polar surface area (TPSA) is 66.0 Å². The third-order valence-electron chi connectivity index (χ3n) is 0.924. The lowest BCUT2D eigenvalue weighted by molar-refractivity contribution is 0.111. The zero-order chi connectivity index (χ0) is 6.69. The van der Waals surface area contributed by atoms with Crippen molar-refractivity contribution in [3.8, 4) is 0 Å². The number of aldehydes is 1. The van der Waals surface area contributed by atoms with E-state index in [0.717, 1.165) is 0 Å². The second kappa shape index (κ2) is 2.41. The summed E-state index contributed by atoms with van der Waals surface area (Å²) in [5, 5.41) is 8.45. The predicted molar refractivity (Wildman–Crippen MR) is 29.9 cm³/mol. The molecule has 0 unspecified atom stereocenters. The largest absolute Gasteiger partial charge is 0.390 e. The molecule has 4 heteroatoms. The normalized spacial score (nSPS) is 9.44. The van der Waals surface area contributed by atoms with Crippen LogP contribution in [0.25, 0.3) is 0 Å². The molecular formula is C5H6N2O2. The monoisotopic (exact) mass is 126 g/mol. The standard InChI is InChI=1S/C5H6N2O2/c8-2-4-1-6-5(3-9)7-4/h1,3,8H,2H2,(H,6,7). The number of H-pyrrole nitrogens is 1. The number of imidazole rings is 1. The van der Waals surface area contributed by atoms with Crippen LogP contribution in [-0.4, -0.2) is 21.4 Å². The number of aliphatic hydroxyl groups is 1. The number of aromatic amines is 1. The van der Waals surface area contributed by atoms with Crippen molar-refractivity contribution in [1.82, 2.24) is 9.97 Å². The number of rotatable bonds is 2. The molecular weight excluding hydrogens is 120 g/mol. The predicted octanol–water partition coefficient (Wildman–Crippen LogP) is -0.286. The highest BCUT2D eigenvalue weighted by molar-refractivity contribution is 5.68. The summed E-state index contributed by atoms with van der Waals surface area (Å²) < 4.78 is 0. The molecule has 1 rings (SSSR count). The highest BCUT2D eigenvalue weighted by Crippen LogP contribution is 1.92. The van der Waals surface area contributed by atoms with E-state index in [-0.39, 0.29) is 12.4 Å². The minimum atomic E-state index is -0.135. The summed E-state index contributed by atoms with van der Waals surface area (Å²) in [6.07, 6.45) is 2.09. The van der Waals surface area contributed by atoms with Gasteiger partial charge >= 0.3 is 0 Å². The van der Waals surface area contributed by atoms with Crippen molar-refractivity contribution in [1.29, 1.82) is 0 Å². The van der Waals surface area contributed by atoms with Gasteiger partial charge in [-0.2, -0.15) is 0 Å². The molecule has 0 radical (unpaired) electrons. The smallest absolute Gasteiger partial charge is 0.185 e. The fraction of sp³-hybridized carbons (Fsp3) is 0.200.